The summed E-state index contributed by atoms with van der Waals surface area (Å²) in [6.45, 7) is 4.03. The number of fused-ring (bicyclic) bond motifs is 5. The zero-order chi connectivity index (χ0) is 22.9. The molecule has 0 spiro atoms. The van der Waals surface area contributed by atoms with Gasteiger partial charge in [0.25, 0.3) is 0 Å². The van der Waals surface area contributed by atoms with Crippen molar-refractivity contribution >= 4 is 28.7 Å². The topological polar surface area (TPSA) is 23.6 Å². The van der Waals surface area contributed by atoms with E-state index in [1.54, 1.807) is 4.90 Å². The summed E-state index contributed by atoms with van der Waals surface area (Å²) in [5, 5.41) is 0. The number of carbonyl (C=O) groups excluding carboxylic acids is 1. The quantitative estimate of drug-likeness (QED) is 0.289. The molecule has 0 N–H and O–H groups in total. The molecule has 0 bridgehead atoms. The van der Waals surface area contributed by atoms with Gasteiger partial charge < -0.3 is 9.80 Å². The maximum absolute atomic E-state index is 12.7. The lowest BCUT2D eigenvalue weighted by Gasteiger charge is -2.28. The molecule has 1 amide bonds. The fraction of sp³-hybridized carbons (Fsp3) is 0.167. The normalized spacial score (nSPS) is 12.8. The van der Waals surface area contributed by atoms with Crippen LogP contribution in [0.15, 0.2) is 97.1 Å². The summed E-state index contributed by atoms with van der Waals surface area (Å²) in [5.41, 5.74) is 9.14. The van der Waals surface area contributed by atoms with Crippen molar-refractivity contribution in [3.05, 3.63) is 97.1 Å². The molecule has 1 unspecified atom stereocenters. The number of hydrogen-bond donors (Lipinski definition) is 0. The van der Waals surface area contributed by atoms with Crippen LogP contribution in [0, 0.1) is 5.92 Å². The Hall–Kier alpha value is -3.85. The highest BCUT2D eigenvalue weighted by molar-refractivity contribution is 6.02. The van der Waals surface area contributed by atoms with Gasteiger partial charge >= 0.3 is 0 Å². The monoisotopic (exact) mass is 432 g/mol. The molecule has 0 radical (unpaired) electrons. The molecule has 164 valence electrons. The molecule has 4 aromatic rings. The summed E-state index contributed by atoms with van der Waals surface area (Å²) in [4.78, 5) is 16.8. The maximum atomic E-state index is 12.7. The lowest BCUT2D eigenvalue weighted by atomic mass is 9.95. The van der Waals surface area contributed by atoms with E-state index in [0.717, 1.165) is 29.2 Å². The van der Waals surface area contributed by atoms with E-state index in [0.29, 0.717) is 0 Å². The van der Waals surface area contributed by atoms with Gasteiger partial charge in [0.15, 0.2) is 0 Å². The fourth-order valence-corrected chi connectivity index (χ4v) is 4.61. The maximum Gasteiger partial charge on any atom is 0.229 e. The first-order valence-corrected chi connectivity index (χ1v) is 11.6. The van der Waals surface area contributed by atoms with E-state index in [2.05, 4.69) is 89.8 Å². The smallest absolute Gasteiger partial charge is 0.229 e. The summed E-state index contributed by atoms with van der Waals surface area (Å²) in [5.74, 6) is 0.156. The Morgan fingerprint density at radius 3 is 1.67 bits per heavy atom. The first kappa shape index (κ1) is 21.0. The molecule has 0 aromatic heterocycles. The van der Waals surface area contributed by atoms with E-state index >= 15 is 0 Å². The van der Waals surface area contributed by atoms with Gasteiger partial charge in [0.2, 0.25) is 5.91 Å². The number of nitrogens with zero attached hydrogens (tertiary/aromatic N) is 2. The van der Waals surface area contributed by atoms with E-state index in [-0.39, 0.29) is 11.8 Å². The minimum absolute atomic E-state index is 0.0116. The Balaban J connectivity index is 1.65. The zero-order valence-corrected chi connectivity index (χ0v) is 19.3. The van der Waals surface area contributed by atoms with Gasteiger partial charge in [-0.3, -0.25) is 4.79 Å². The third kappa shape index (κ3) is 3.60. The average molecular weight is 433 g/mol. The van der Waals surface area contributed by atoms with Gasteiger partial charge in [-0.15, -0.1) is 0 Å². The molecule has 1 heterocycles. The fourth-order valence-electron chi connectivity index (χ4n) is 4.61. The van der Waals surface area contributed by atoms with Crippen LogP contribution < -0.4 is 9.80 Å². The summed E-state index contributed by atoms with van der Waals surface area (Å²) in [6.07, 6.45) is 0.836. The largest absolute Gasteiger partial charge is 0.315 e. The molecule has 0 saturated heterocycles. The van der Waals surface area contributed by atoms with Crippen molar-refractivity contribution in [1.82, 2.24) is 0 Å². The third-order valence-electron chi connectivity index (χ3n) is 6.66. The standard InChI is InChI=1S/C30H28N2O/c1-4-21(2)30(33)31(3)22-17-19-23(20-18-22)32-28-15-9-7-13-26(28)24-11-5-6-12-25(24)27-14-8-10-16-29(27)32/h5-21H,4H2,1-3H3. The van der Waals surface area contributed by atoms with Crippen LogP contribution in [-0.2, 0) is 4.79 Å². The number of carbonyl (C=O) groups is 1. The summed E-state index contributed by atoms with van der Waals surface area (Å²) < 4.78 is 0. The number of anilines is 4. The molecule has 1 atom stereocenters. The van der Waals surface area contributed by atoms with E-state index in [9.17, 15) is 4.79 Å². The predicted molar refractivity (Wildman–Crippen MR) is 138 cm³/mol. The van der Waals surface area contributed by atoms with Crippen LogP contribution in [-0.4, -0.2) is 13.0 Å². The lowest BCUT2D eigenvalue weighted by molar-refractivity contribution is -0.121. The Labute approximate surface area is 195 Å². The second-order valence-electron chi connectivity index (χ2n) is 8.64. The number of benzene rings is 4. The van der Waals surface area contributed by atoms with E-state index in [4.69, 9.17) is 0 Å². The average Bonchev–Trinajstić information content (AvgIpc) is 3.00. The summed E-state index contributed by atoms with van der Waals surface area (Å²) in [7, 11) is 1.86. The van der Waals surface area contributed by atoms with Crippen LogP contribution in [0.3, 0.4) is 0 Å². The molecule has 0 fully saturated rings. The molecule has 33 heavy (non-hydrogen) atoms. The number of hydrogen-bond acceptors (Lipinski definition) is 2. The van der Waals surface area contributed by atoms with Crippen LogP contribution in [0.4, 0.5) is 22.7 Å². The first-order valence-electron chi connectivity index (χ1n) is 11.6. The molecule has 5 rings (SSSR count). The van der Waals surface area contributed by atoms with Crippen LogP contribution in [0.25, 0.3) is 22.3 Å². The highest BCUT2D eigenvalue weighted by atomic mass is 16.2. The highest BCUT2D eigenvalue weighted by Gasteiger charge is 2.25. The lowest BCUT2D eigenvalue weighted by Crippen LogP contribution is -2.31. The zero-order valence-electron chi connectivity index (χ0n) is 19.3. The van der Waals surface area contributed by atoms with E-state index in [1.807, 2.05) is 33.0 Å². The predicted octanol–water partition coefficient (Wildman–Crippen LogP) is 7.81. The molecular formula is C30H28N2O. The van der Waals surface area contributed by atoms with Crippen LogP contribution in [0.1, 0.15) is 20.3 Å². The Morgan fingerprint density at radius 1 is 0.727 bits per heavy atom. The SMILES string of the molecule is CCC(C)C(=O)N(C)c1ccc(N2c3ccccc3-c3ccccc3-c3ccccc32)cc1. The summed E-state index contributed by atoms with van der Waals surface area (Å²) >= 11 is 0. The van der Waals surface area contributed by atoms with Crippen molar-refractivity contribution < 1.29 is 4.79 Å². The second kappa shape index (κ2) is 8.59. The van der Waals surface area contributed by atoms with Crippen molar-refractivity contribution in [2.24, 2.45) is 5.92 Å². The van der Waals surface area contributed by atoms with E-state index in [1.165, 1.54) is 22.3 Å². The molecule has 0 saturated carbocycles. The number of para-hydroxylation sites is 2. The number of rotatable bonds is 4. The third-order valence-corrected chi connectivity index (χ3v) is 6.66. The van der Waals surface area contributed by atoms with Crippen molar-refractivity contribution in [3.63, 3.8) is 0 Å². The number of amides is 1. The highest BCUT2D eigenvalue weighted by Crippen LogP contribution is 2.50. The molecular weight excluding hydrogens is 404 g/mol. The van der Waals surface area contributed by atoms with Crippen molar-refractivity contribution in [3.8, 4) is 22.3 Å². The minimum Gasteiger partial charge on any atom is -0.315 e. The van der Waals surface area contributed by atoms with Crippen molar-refractivity contribution in [2.75, 3.05) is 16.8 Å². The van der Waals surface area contributed by atoms with Gasteiger partial charge in [-0.25, -0.2) is 0 Å². The van der Waals surface area contributed by atoms with Crippen molar-refractivity contribution in [1.29, 1.82) is 0 Å². The Morgan fingerprint density at radius 2 is 1.18 bits per heavy atom. The minimum atomic E-state index is 0.0116. The van der Waals surface area contributed by atoms with Crippen LogP contribution in [0.2, 0.25) is 0 Å². The molecule has 4 aromatic carbocycles. The van der Waals surface area contributed by atoms with Gasteiger partial charge in [0, 0.05) is 35.5 Å². The molecule has 1 aliphatic heterocycles. The van der Waals surface area contributed by atoms with Gasteiger partial charge in [0.1, 0.15) is 0 Å². The van der Waals surface area contributed by atoms with Crippen molar-refractivity contribution in [2.45, 2.75) is 20.3 Å². The molecule has 0 aliphatic carbocycles. The van der Waals surface area contributed by atoms with Crippen LogP contribution in [0.5, 0.6) is 0 Å². The van der Waals surface area contributed by atoms with Gasteiger partial charge in [-0.1, -0.05) is 74.5 Å². The second-order valence-corrected chi connectivity index (χ2v) is 8.64. The Kier molecular flexibility index (Phi) is 5.47. The van der Waals surface area contributed by atoms with Crippen LogP contribution >= 0.6 is 0 Å². The summed E-state index contributed by atoms with van der Waals surface area (Å²) in [6, 6.07) is 34.0. The molecule has 1 aliphatic rings. The van der Waals surface area contributed by atoms with E-state index < -0.39 is 0 Å². The van der Waals surface area contributed by atoms with Gasteiger partial charge in [-0.2, -0.15) is 0 Å². The van der Waals surface area contributed by atoms with Gasteiger partial charge in [-0.05, 0) is 53.9 Å². The molecule has 3 heteroatoms. The Bertz CT molecular complexity index is 1240. The first-order chi connectivity index (χ1) is 16.1. The van der Waals surface area contributed by atoms with Gasteiger partial charge in [0.05, 0.1) is 11.4 Å². The molecule has 3 nitrogen and oxygen atoms in total.